The number of nitrogens with zero attached hydrogens (tertiary/aromatic N) is 2. The van der Waals surface area contributed by atoms with E-state index in [0.717, 1.165) is 12.1 Å². The van der Waals surface area contributed by atoms with Crippen molar-refractivity contribution in [2.24, 2.45) is 0 Å². The Morgan fingerprint density at radius 3 is 2.54 bits per heavy atom. The molecule has 0 N–H and O–H groups in total. The molecule has 0 aliphatic heterocycles. The van der Waals surface area contributed by atoms with Crippen LogP contribution in [0.5, 0.6) is 0 Å². The monoisotopic (exact) mass is 378 g/mol. The van der Waals surface area contributed by atoms with Crippen LogP contribution in [0.4, 0.5) is 13.2 Å². The first-order valence-electron chi connectivity index (χ1n) is 8.07. The van der Waals surface area contributed by atoms with Crippen LogP contribution in [0, 0.1) is 0 Å². The number of hydrogen-bond donors (Lipinski definition) is 0. The van der Waals surface area contributed by atoms with E-state index >= 15 is 0 Å². The maximum atomic E-state index is 12.9. The van der Waals surface area contributed by atoms with Crippen LogP contribution in [0.1, 0.15) is 31.0 Å². The minimum Gasteiger partial charge on any atom is -0.285 e. The molecule has 0 saturated heterocycles. The molecule has 2 aromatic carbocycles. The van der Waals surface area contributed by atoms with E-state index in [1.54, 1.807) is 34.9 Å². The van der Waals surface area contributed by atoms with E-state index in [4.69, 9.17) is 0 Å². The molecule has 0 radical (unpaired) electrons. The van der Waals surface area contributed by atoms with Crippen molar-refractivity contribution < 1.29 is 13.2 Å². The molecule has 0 unspecified atom stereocenters. The van der Waals surface area contributed by atoms with E-state index in [1.165, 1.54) is 17.8 Å². The zero-order chi connectivity index (χ0) is 18.9. The van der Waals surface area contributed by atoms with E-state index in [9.17, 15) is 18.0 Å². The van der Waals surface area contributed by atoms with Crippen LogP contribution in [-0.4, -0.2) is 9.55 Å². The van der Waals surface area contributed by atoms with Crippen LogP contribution in [0.2, 0.25) is 0 Å². The van der Waals surface area contributed by atoms with E-state index in [0.29, 0.717) is 27.4 Å². The summed E-state index contributed by atoms with van der Waals surface area (Å²) in [6.07, 6.45) is -4.37. The van der Waals surface area contributed by atoms with Gasteiger partial charge in [-0.05, 0) is 37.6 Å². The summed E-state index contributed by atoms with van der Waals surface area (Å²) in [6.45, 7) is 3.76. The zero-order valence-electron chi connectivity index (χ0n) is 14.2. The largest absolute Gasteiger partial charge is 0.416 e. The molecule has 0 aliphatic rings. The number of para-hydroxylation sites is 1. The number of aromatic nitrogens is 2. The Hall–Kier alpha value is -2.28. The Balaban J connectivity index is 1.96. The molecule has 0 bridgehead atoms. The van der Waals surface area contributed by atoms with Gasteiger partial charge in [-0.15, -0.1) is 0 Å². The van der Waals surface area contributed by atoms with Crippen LogP contribution in [-0.2, 0) is 11.9 Å². The lowest BCUT2D eigenvalue weighted by Crippen LogP contribution is -2.25. The molecule has 0 spiro atoms. The number of alkyl halides is 3. The first-order valence-corrected chi connectivity index (χ1v) is 9.06. The highest BCUT2D eigenvalue weighted by Crippen LogP contribution is 2.31. The van der Waals surface area contributed by atoms with Gasteiger partial charge in [-0.2, -0.15) is 13.2 Å². The van der Waals surface area contributed by atoms with Crippen molar-refractivity contribution in [3.63, 3.8) is 0 Å². The van der Waals surface area contributed by atoms with Crippen molar-refractivity contribution in [3.05, 3.63) is 70.0 Å². The van der Waals surface area contributed by atoms with Gasteiger partial charge in [0.25, 0.3) is 5.56 Å². The van der Waals surface area contributed by atoms with Crippen molar-refractivity contribution in [1.29, 1.82) is 0 Å². The molecule has 0 aliphatic carbocycles. The Labute approximate surface area is 152 Å². The molecule has 0 atom stereocenters. The summed E-state index contributed by atoms with van der Waals surface area (Å²) in [4.78, 5) is 17.3. The summed E-state index contributed by atoms with van der Waals surface area (Å²) in [6, 6.07) is 12.2. The normalized spacial score (nSPS) is 12.1. The first kappa shape index (κ1) is 18.5. The molecular weight excluding hydrogens is 361 g/mol. The Morgan fingerprint density at radius 2 is 1.85 bits per heavy atom. The van der Waals surface area contributed by atoms with Crippen molar-refractivity contribution in [2.45, 2.75) is 37.0 Å². The van der Waals surface area contributed by atoms with E-state index in [-0.39, 0.29) is 11.6 Å². The maximum Gasteiger partial charge on any atom is 0.416 e. The molecular formula is C19H17F3N2OS. The topological polar surface area (TPSA) is 34.9 Å². The van der Waals surface area contributed by atoms with E-state index in [1.807, 2.05) is 13.8 Å². The Morgan fingerprint density at radius 1 is 1.12 bits per heavy atom. The lowest BCUT2D eigenvalue weighted by molar-refractivity contribution is -0.137. The number of hydrogen-bond acceptors (Lipinski definition) is 3. The van der Waals surface area contributed by atoms with Crippen molar-refractivity contribution in [1.82, 2.24) is 9.55 Å². The van der Waals surface area contributed by atoms with Gasteiger partial charge in [0.2, 0.25) is 0 Å². The average molecular weight is 378 g/mol. The predicted molar refractivity (Wildman–Crippen MR) is 97.4 cm³/mol. The predicted octanol–water partition coefficient (Wildman–Crippen LogP) is 5.29. The number of halogens is 3. The zero-order valence-corrected chi connectivity index (χ0v) is 15.1. The Bertz CT molecular complexity index is 996. The summed E-state index contributed by atoms with van der Waals surface area (Å²) < 4.78 is 40.2. The van der Waals surface area contributed by atoms with E-state index in [2.05, 4.69) is 4.98 Å². The lowest BCUT2D eigenvalue weighted by atomic mass is 10.1. The van der Waals surface area contributed by atoms with Crippen LogP contribution in [0.3, 0.4) is 0 Å². The van der Waals surface area contributed by atoms with Crippen molar-refractivity contribution in [2.75, 3.05) is 0 Å². The number of fused-ring (bicyclic) bond motifs is 1. The van der Waals surface area contributed by atoms with Gasteiger partial charge in [-0.3, -0.25) is 9.36 Å². The summed E-state index contributed by atoms with van der Waals surface area (Å²) in [7, 11) is 0. The standard InChI is InChI=1S/C19H17F3N2OS/c1-12(2)24-17(25)15-8-3-4-9-16(15)23-18(24)26-11-13-6-5-7-14(10-13)19(20,21)22/h3-10,12H,11H2,1-2H3. The van der Waals surface area contributed by atoms with Crippen LogP contribution >= 0.6 is 11.8 Å². The third-order valence-electron chi connectivity index (χ3n) is 3.91. The number of rotatable bonds is 4. The van der Waals surface area contributed by atoms with Crippen LogP contribution < -0.4 is 5.56 Å². The highest BCUT2D eigenvalue weighted by atomic mass is 32.2. The van der Waals surface area contributed by atoms with Gasteiger partial charge in [0.15, 0.2) is 5.16 Å². The molecule has 0 saturated carbocycles. The molecule has 3 aromatic rings. The van der Waals surface area contributed by atoms with Gasteiger partial charge in [0.1, 0.15) is 0 Å². The van der Waals surface area contributed by atoms with Crippen LogP contribution in [0.25, 0.3) is 10.9 Å². The molecule has 1 heterocycles. The highest BCUT2D eigenvalue weighted by molar-refractivity contribution is 7.98. The molecule has 1 aromatic heterocycles. The smallest absolute Gasteiger partial charge is 0.285 e. The second-order valence-electron chi connectivity index (χ2n) is 6.17. The maximum absolute atomic E-state index is 12.9. The van der Waals surface area contributed by atoms with Gasteiger partial charge in [0.05, 0.1) is 16.5 Å². The molecule has 26 heavy (non-hydrogen) atoms. The second-order valence-corrected chi connectivity index (χ2v) is 7.11. The summed E-state index contributed by atoms with van der Waals surface area (Å²) in [5.41, 5.74) is 0.295. The minimum absolute atomic E-state index is 0.108. The average Bonchev–Trinajstić information content (AvgIpc) is 2.59. The fourth-order valence-corrected chi connectivity index (χ4v) is 3.74. The Kier molecular flexibility index (Phi) is 5.09. The highest BCUT2D eigenvalue weighted by Gasteiger charge is 2.30. The minimum atomic E-state index is -4.37. The SMILES string of the molecule is CC(C)n1c(SCc2cccc(C(F)(F)F)c2)nc2ccccc2c1=O. The third kappa shape index (κ3) is 3.77. The number of thioether (sulfide) groups is 1. The number of benzene rings is 2. The lowest BCUT2D eigenvalue weighted by Gasteiger charge is -2.16. The fraction of sp³-hybridized carbons (Fsp3) is 0.263. The third-order valence-corrected chi connectivity index (χ3v) is 4.94. The molecule has 7 heteroatoms. The van der Waals surface area contributed by atoms with Gasteiger partial charge < -0.3 is 0 Å². The van der Waals surface area contributed by atoms with Gasteiger partial charge in [0, 0.05) is 11.8 Å². The first-order chi connectivity index (χ1) is 12.3. The second kappa shape index (κ2) is 7.15. The van der Waals surface area contributed by atoms with Crippen molar-refractivity contribution in [3.8, 4) is 0 Å². The van der Waals surface area contributed by atoms with Crippen molar-refractivity contribution >= 4 is 22.7 Å². The van der Waals surface area contributed by atoms with Gasteiger partial charge >= 0.3 is 6.18 Å². The summed E-state index contributed by atoms with van der Waals surface area (Å²) >= 11 is 1.26. The molecule has 3 nitrogen and oxygen atoms in total. The van der Waals surface area contributed by atoms with E-state index < -0.39 is 11.7 Å². The molecule has 0 fully saturated rings. The summed E-state index contributed by atoms with van der Waals surface area (Å²) in [5.74, 6) is 0.293. The molecule has 136 valence electrons. The molecule has 0 amide bonds. The van der Waals surface area contributed by atoms with Gasteiger partial charge in [-0.1, -0.05) is 42.1 Å². The summed E-state index contributed by atoms with van der Waals surface area (Å²) in [5, 5.41) is 1.03. The molecule has 3 rings (SSSR count). The quantitative estimate of drug-likeness (QED) is 0.457. The van der Waals surface area contributed by atoms with Crippen LogP contribution in [0.15, 0.2) is 58.5 Å². The fourth-order valence-electron chi connectivity index (χ4n) is 2.67. The van der Waals surface area contributed by atoms with Gasteiger partial charge in [-0.25, -0.2) is 4.98 Å².